The van der Waals surface area contributed by atoms with E-state index in [2.05, 4.69) is 242 Å². The fraction of sp³-hybridized carbons (Fsp3) is 0.0536. The number of hydrogen-bond acceptors (Lipinski definition) is 3. The van der Waals surface area contributed by atoms with E-state index in [0.717, 1.165) is 66.2 Å². The van der Waals surface area contributed by atoms with E-state index in [1.807, 2.05) is 11.3 Å². The van der Waals surface area contributed by atoms with Crippen LogP contribution in [0.5, 0.6) is 0 Å². The van der Waals surface area contributed by atoms with E-state index in [-0.39, 0.29) is 27.1 Å². The summed E-state index contributed by atoms with van der Waals surface area (Å²) in [6, 6.07) is 82.2. The van der Waals surface area contributed by atoms with Gasteiger partial charge in [0.15, 0.2) is 0 Å². The summed E-state index contributed by atoms with van der Waals surface area (Å²) in [6.45, 7) is 4.35. The van der Waals surface area contributed by atoms with Crippen LogP contribution in [0.3, 0.4) is 0 Å². The van der Waals surface area contributed by atoms with Crippen LogP contribution in [0.15, 0.2) is 212 Å². The summed E-state index contributed by atoms with van der Waals surface area (Å²) in [4.78, 5) is 10.3. The molecule has 0 aliphatic carbocycles. The van der Waals surface area contributed by atoms with Crippen molar-refractivity contribution < 1.29 is 26.0 Å². The molecule has 0 atom stereocenters. The van der Waals surface area contributed by atoms with Gasteiger partial charge in [-0.05, 0) is 82.2 Å². The van der Waals surface area contributed by atoms with Crippen LogP contribution in [0, 0.1) is 12.1 Å². The van der Waals surface area contributed by atoms with Crippen LogP contribution in [0.25, 0.3) is 49.9 Å². The molecule has 8 aromatic carbocycles. The Labute approximate surface area is 383 Å². The van der Waals surface area contributed by atoms with Crippen molar-refractivity contribution in [3.63, 3.8) is 0 Å². The summed E-state index contributed by atoms with van der Waals surface area (Å²) in [5.74, 6) is 0.842. The van der Waals surface area contributed by atoms with Gasteiger partial charge in [0.05, 0.1) is 6.04 Å². The van der Waals surface area contributed by atoms with Gasteiger partial charge in [-0.15, -0.1) is 21.6 Å². The van der Waals surface area contributed by atoms with Crippen molar-refractivity contribution in [2.24, 2.45) is 0 Å². The van der Waals surface area contributed by atoms with Crippen LogP contribution in [0.2, 0.25) is 0 Å². The van der Waals surface area contributed by atoms with Crippen LogP contribution in [0.4, 0.5) is 17.1 Å². The summed E-state index contributed by atoms with van der Waals surface area (Å²) in [5.41, 5.74) is 9.72. The van der Waals surface area contributed by atoms with Crippen LogP contribution in [-0.4, -0.2) is 28.6 Å². The van der Waals surface area contributed by atoms with Crippen LogP contribution < -0.4 is 30.9 Å². The molecule has 5 nitrogen and oxygen atoms in total. The fourth-order valence-corrected chi connectivity index (χ4v) is 13.9. The molecule has 11 rings (SSSR count). The molecule has 0 bridgehead atoms. The first-order valence-electron chi connectivity index (χ1n) is 21.2. The van der Waals surface area contributed by atoms with Crippen molar-refractivity contribution in [1.82, 2.24) is 9.55 Å². The minimum Gasteiger partial charge on any atom is -0.319 e. The number of benzene rings is 8. The van der Waals surface area contributed by atoms with E-state index in [9.17, 15) is 0 Å². The minimum absolute atomic E-state index is 0. The third-order valence-corrected chi connectivity index (χ3v) is 16.7. The Bertz CT molecular complexity index is 3190. The summed E-state index contributed by atoms with van der Waals surface area (Å²) in [5, 5.41) is 11.2. The first kappa shape index (κ1) is 40.3. The molecule has 0 unspecified atom stereocenters. The number of rotatable bonds is 9. The van der Waals surface area contributed by atoms with Crippen molar-refractivity contribution in [2.75, 3.05) is 10.1 Å². The zero-order valence-corrected chi connectivity index (χ0v) is 38.1. The Kier molecular flexibility index (Phi) is 10.7. The van der Waals surface area contributed by atoms with Crippen molar-refractivity contribution in [2.45, 2.75) is 19.9 Å². The normalized spacial score (nSPS) is 12.5. The number of hydrogen-bond donors (Lipinski definition) is 0. The first-order valence-corrected chi connectivity index (χ1v) is 23.2. The number of anilines is 3. The molecule has 0 fully saturated rings. The molecule has 7 heteroatoms. The molecule has 3 heterocycles. The molecule has 0 saturated heterocycles. The van der Waals surface area contributed by atoms with E-state index in [1.54, 1.807) is 0 Å². The van der Waals surface area contributed by atoms with E-state index >= 15 is 0 Å². The first-order chi connectivity index (χ1) is 30.6. The third kappa shape index (κ3) is 6.83. The largest absolute Gasteiger partial charge is 0.319 e. The van der Waals surface area contributed by atoms with E-state index in [4.69, 9.17) is 9.92 Å². The molecular formula is C56H43N4OPtSi-. The smallest absolute Gasteiger partial charge is 0.145 e. The number of para-hydroxylation sites is 3. The second kappa shape index (κ2) is 16.8. The van der Waals surface area contributed by atoms with Crippen molar-refractivity contribution >= 4 is 67.7 Å². The number of fused-ring (bicyclic) bond motifs is 4. The van der Waals surface area contributed by atoms with Crippen molar-refractivity contribution in [3.8, 4) is 28.1 Å². The monoisotopic (exact) mass is 1010 g/mol. The maximum atomic E-state index is 5.16. The van der Waals surface area contributed by atoms with Crippen LogP contribution in [-0.2, 0) is 21.1 Å². The average Bonchev–Trinajstić information content (AvgIpc) is 3.90. The van der Waals surface area contributed by atoms with Gasteiger partial charge in [-0.2, -0.15) is 51.7 Å². The predicted octanol–water partition coefficient (Wildman–Crippen LogP) is 10.7. The van der Waals surface area contributed by atoms with Gasteiger partial charge in [-0.1, -0.05) is 151 Å². The molecule has 308 valence electrons. The molecule has 10 aromatic rings. The summed E-state index contributed by atoms with van der Waals surface area (Å²) >= 11 is 0. The van der Waals surface area contributed by atoms with Gasteiger partial charge in [0, 0.05) is 38.5 Å². The van der Waals surface area contributed by atoms with Gasteiger partial charge < -0.3 is 4.57 Å². The molecule has 0 radical (unpaired) electrons. The number of hydroxylamine groups is 1. The van der Waals surface area contributed by atoms with E-state index < -0.39 is 8.07 Å². The minimum atomic E-state index is -3.14. The second-order valence-corrected chi connectivity index (χ2v) is 19.8. The summed E-state index contributed by atoms with van der Waals surface area (Å²) in [6.07, 6.45) is 1.94. The van der Waals surface area contributed by atoms with Gasteiger partial charge in [-0.3, -0.25) is 0 Å². The van der Waals surface area contributed by atoms with Crippen LogP contribution >= 0.6 is 0 Å². The van der Waals surface area contributed by atoms with E-state index in [1.165, 1.54) is 21.5 Å². The third-order valence-electron chi connectivity index (χ3n) is 12.1. The van der Waals surface area contributed by atoms with Crippen molar-refractivity contribution in [3.05, 3.63) is 225 Å². The number of pyridine rings is 1. The quantitative estimate of drug-likeness (QED) is 0.0626. The summed E-state index contributed by atoms with van der Waals surface area (Å²) < 4.78 is 2.30. The number of aromatic nitrogens is 2. The predicted molar refractivity (Wildman–Crippen MR) is 259 cm³/mol. The van der Waals surface area contributed by atoms with Gasteiger partial charge in [0.2, 0.25) is 0 Å². The Morgan fingerprint density at radius 3 is 1.84 bits per heavy atom. The van der Waals surface area contributed by atoms with Gasteiger partial charge in [0.25, 0.3) is 0 Å². The molecule has 0 amide bonds. The Balaban J connectivity index is 0.00000471. The van der Waals surface area contributed by atoms with Gasteiger partial charge in [-0.25, -0.2) is 4.98 Å². The Hall–Kier alpha value is -6.82. The zero-order valence-electron chi connectivity index (χ0n) is 34.8. The molecular weight excluding hydrogens is 968 g/mol. The standard InChI is InChI=1S/C56H42N4OSi.Pt/c1-40(2)59-53-31-16-17-32-54(53)60(61-59)43-21-18-26-46(38-43)62(44-22-8-4-9-23-44,45-24-10-5-11-25-45)47-33-34-51-50-29-14-15-30-52(50)58(55(51)39-47)56-37-42(35-36-57-56)49-28-13-12-27-48(49)41-19-6-3-7-20-41;/h3-37,40H,1-2H3;/q-2;/p+1. The number of nitrogens with zero attached hydrogens (tertiary/aromatic N) is 4. The molecule has 0 saturated carbocycles. The molecule has 1 N–H and O–H groups in total. The van der Waals surface area contributed by atoms with Crippen molar-refractivity contribution in [1.29, 1.82) is 0 Å². The SMILES string of the molecule is CC(C)N1[OH+]N(c2[c-]c([Si](c3[c-]c4c(cc3)c3ccccc3n4-c3cc(-c4ccccc4-c4ccccc4)ccn3)(c3ccccc3)c3ccccc3)ccc2)c2ccccc21.[Pt]. The Morgan fingerprint density at radius 1 is 0.524 bits per heavy atom. The molecule has 0 spiro atoms. The fourth-order valence-electron chi connectivity index (χ4n) is 9.36. The molecule has 2 aromatic heterocycles. The van der Waals surface area contributed by atoms with Gasteiger partial charge in [0.1, 0.15) is 25.3 Å². The average molecular weight is 1010 g/mol. The topological polar surface area (TPSA) is 37.1 Å². The van der Waals surface area contributed by atoms with Gasteiger partial charge >= 0.3 is 0 Å². The molecule has 63 heavy (non-hydrogen) atoms. The maximum absolute atomic E-state index is 5.16. The maximum Gasteiger partial charge on any atom is 0.145 e. The summed E-state index contributed by atoms with van der Waals surface area (Å²) in [7, 11) is -3.14. The van der Waals surface area contributed by atoms with Crippen LogP contribution in [0.1, 0.15) is 13.8 Å². The second-order valence-electron chi connectivity index (χ2n) is 16.1. The molecule has 1 aliphatic rings. The zero-order chi connectivity index (χ0) is 41.6. The Morgan fingerprint density at radius 2 is 1.13 bits per heavy atom. The van der Waals surface area contributed by atoms with E-state index in [0.29, 0.717) is 0 Å². The molecule has 1 aliphatic heterocycles.